The molecule has 0 unspecified atom stereocenters. The quantitative estimate of drug-likeness (QED) is 0.659. The largest absolute Gasteiger partial charge is 0.296 e. The van der Waals surface area contributed by atoms with E-state index in [1.165, 1.54) is 12.1 Å². The van der Waals surface area contributed by atoms with E-state index in [2.05, 4.69) is 4.98 Å². The SMILES string of the molecule is Cc1cccc2c1nc(CCCl)n2-c1ccc(F)cc1. The van der Waals surface area contributed by atoms with E-state index < -0.39 is 0 Å². The van der Waals surface area contributed by atoms with E-state index >= 15 is 0 Å². The van der Waals surface area contributed by atoms with Gasteiger partial charge in [-0.05, 0) is 42.8 Å². The van der Waals surface area contributed by atoms with Crippen molar-refractivity contribution in [2.75, 3.05) is 5.88 Å². The molecule has 2 nitrogen and oxygen atoms in total. The van der Waals surface area contributed by atoms with E-state index in [9.17, 15) is 4.39 Å². The number of fused-ring (bicyclic) bond motifs is 1. The van der Waals surface area contributed by atoms with Gasteiger partial charge in [-0.1, -0.05) is 12.1 Å². The van der Waals surface area contributed by atoms with E-state index in [0.29, 0.717) is 12.3 Å². The minimum absolute atomic E-state index is 0.242. The first kappa shape index (κ1) is 13.1. The number of alkyl halides is 1. The lowest BCUT2D eigenvalue weighted by molar-refractivity contribution is 0.627. The number of aryl methyl sites for hydroxylation is 2. The average Bonchev–Trinajstić information content (AvgIpc) is 2.80. The second-order valence-corrected chi connectivity index (χ2v) is 5.10. The van der Waals surface area contributed by atoms with Crippen molar-refractivity contribution in [1.82, 2.24) is 9.55 Å². The Labute approximate surface area is 121 Å². The molecule has 0 saturated heterocycles. The van der Waals surface area contributed by atoms with Gasteiger partial charge < -0.3 is 0 Å². The van der Waals surface area contributed by atoms with E-state index in [1.54, 1.807) is 12.1 Å². The third kappa shape index (κ3) is 2.18. The molecule has 2 aromatic carbocycles. The topological polar surface area (TPSA) is 17.8 Å². The normalized spacial score (nSPS) is 11.2. The summed E-state index contributed by atoms with van der Waals surface area (Å²) in [7, 11) is 0. The van der Waals surface area contributed by atoms with Gasteiger partial charge in [-0.2, -0.15) is 0 Å². The summed E-state index contributed by atoms with van der Waals surface area (Å²) in [6.45, 7) is 2.04. The fraction of sp³-hybridized carbons (Fsp3) is 0.188. The van der Waals surface area contributed by atoms with Gasteiger partial charge in [-0.3, -0.25) is 4.57 Å². The first-order chi connectivity index (χ1) is 9.70. The fourth-order valence-corrected chi connectivity index (χ4v) is 2.59. The van der Waals surface area contributed by atoms with Crippen molar-refractivity contribution in [1.29, 1.82) is 0 Å². The third-order valence-corrected chi connectivity index (χ3v) is 3.55. The first-order valence-electron chi connectivity index (χ1n) is 6.49. The second-order valence-electron chi connectivity index (χ2n) is 4.72. The lowest BCUT2D eigenvalue weighted by Crippen LogP contribution is -2.02. The summed E-state index contributed by atoms with van der Waals surface area (Å²) in [4.78, 5) is 4.69. The molecule has 1 aromatic heterocycles. The lowest BCUT2D eigenvalue weighted by atomic mass is 10.2. The van der Waals surface area contributed by atoms with Crippen molar-refractivity contribution < 1.29 is 4.39 Å². The molecule has 102 valence electrons. The van der Waals surface area contributed by atoms with Gasteiger partial charge in [0.2, 0.25) is 0 Å². The summed E-state index contributed by atoms with van der Waals surface area (Å²) < 4.78 is 15.2. The molecule has 20 heavy (non-hydrogen) atoms. The van der Waals surface area contributed by atoms with E-state index in [1.807, 2.05) is 29.7 Å². The van der Waals surface area contributed by atoms with Gasteiger partial charge in [0.15, 0.2) is 0 Å². The zero-order chi connectivity index (χ0) is 14.1. The van der Waals surface area contributed by atoms with Crippen LogP contribution in [0.3, 0.4) is 0 Å². The van der Waals surface area contributed by atoms with Gasteiger partial charge in [-0.15, -0.1) is 11.6 Å². The Balaban J connectivity index is 2.28. The molecule has 3 rings (SSSR count). The van der Waals surface area contributed by atoms with Crippen LogP contribution in [-0.4, -0.2) is 15.4 Å². The van der Waals surface area contributed by atoms with Crippen LogP contribution >= 0.6 is 11.6 Å². The van der Waals surface area contributed by atoms with Crippen LogP contribution in [0.1, 0.15) is 11.4 Å². The molecule has 1 heterocycles. The first-order valence-corrected chi connectivity index (χ1v) is 7.03. The van der Waals surface area contributed by atoms with E-state index in [-0.39, 0.29) is 5.82 Å². The smallest absolute Gasteiger partial charge is 0.123 e. The van der Waals surface area contributed by atoms with Crippen LogP contribution < -0.4 is 0 Å². The molecule has 0 atom stereocenters. The van der Waals surface area contributed by atoms with Crippen LogP contribution in [0, 0.1) is 12.7 Å². The predicted molar refractivity (Wildman–Crippen MR) is 80.2 cm³/mol. The van der Waals surface area contributed by atoms with E-state index in [4.69, 9.17) is 11.6 Å². The van der Waals surface area contributed by atoms with Gasteiger partial charge in [0.05, 0.1) is 11.0 Å². The lowest BCUT2D eigenvalue weighted by Gasteiger charge is -2.08. The number of hydrogen-bond acceptors (Lipinski definition) is 1. The summed E-state index contributed by atoms with van der Waals surface area (Å²) in [5.41, 5.74) is 4.02. The highest BCUT2D eigenvalue weighted by Gasteiger charge is 2.13. The van der Waals surface area contributed by atoms with Crippen LogP contribution in [0.5, 0.6) is 0 Å². The number of nitrogens with zero attached hydrogens (tertiary/aromatic N) is 2. The van der Waals surface area contributed by atoms with Crippen molar-refractivity contribution in [3.8, 4) is 5.69 Å². The van der Waals surface area contributed by atoms with Gasteiger partial charge in [0, 0.05) is 18.0 Å². The Morgan fingerprint density at radius 2 is 1.90 bits per heavy atom. The maximum absolute atomic E-state index is 13.1. The van der Waals surface area contributed by atoms with Crippen LogP contribution in [0.4, 0.5) is 4.39 Å². The highest BCUT2D eigenvalue weighted by molar-refractivity contribution is 6.17. The summed E-state index contributed by atoms with van der Waals surface area (Å²) in [5.74, 6) is 1.16. The number of hydrogen-bond donors (Lipinski definition) is 0. The summed E-state index contributed by atoms with van der Waals surface area (Å²) in [6.07, 6.45) is 0.674. The molecule has 0 radical (unpaired) electrons. The second kappa shape index (κ2) is 5.25. The molecule has 0 bridgehead atoms. The Bertz CT molecular complexity index is 747. The van der Waals surface area contributed by atoms with Gasteiger partial charge >= 0.3 is 0 Å². The summed E-state index contributed by atoms with van der Waals surface area (Å²) in [6, 6.07) is 12.5. The van der Waals surface area contributed by atoms with Gasteiger partial charge in [-0.25, -0.2) is 9.37 Å². The fourth-order valence-electron chi connectivity index (χ4n) is 2.42. The summed E-state index contributed by atoms with van der Waals surface area (Å²) in [5, 5.41) is 0. The predicted octanol–water partition coefficient (Wildman–Crippen LogP) is 4.25. The number of rotatable bonds is 3. The molecule has 0 aliphatic heterocycles. The zero-order valence-corrected chi connectivity index (χ0v) is 11.9. The molecule has 0 fully saturated rings. The molecular weight excluding hydrogens is 275 g/mol. The van der Waals surface area contributed by atoms with Crippen LogP contribution in [-0.2, 0) is 6.42 Å². The Hall–Kier alpha value is -1.87. The van der Waals surface area contributed by atoms with Crippen molar-refractivity contribution in [2.45, 2.75) is 13.3 Å². The number of aromatic nitrogens is 2. The van der Waals surface area contributed by atoms with Crippen molar-refractivity contribution >= 4 is 22.6 Å². The average molecular weight is 289 g/mol. The number of imidazole rings is 1. The van der Waals surface area contributed by atoms with Gasteiger partial charge in [0.25, 0.3) is 0 Å². The molecule has 0 amide bonds. The Morgan fingerprint density at radius 1 is 1.15 bits per heavy atom. The molecule has 0 spiro atoms. The highest BCUT2D eigenvalue weighted by atomic mass is 35.5. The standard InChI is InChI=1S/C16H14ClFN2/c1-11-3-2-4-14-16(11)19-15(9-10-17)20(14)13-7-5-12(18)6-8-13/h2-8H,9-10H2,1H3. The molecule has 4 heteroatoms. The maximum atomic E-state index is 13.1. The summed E-state index contributed by atoms with van der Waals surface area (Å²) >= 11 is 5.87. The molecule has 0 aliphatic rings. The third-order valence-electron chi connectivity index (χ3n) is 3.36. The van der Waals surface area contributed by atoms with Crippen molar-refractivity contribution in [2.24, 2.45) is 0 Å². The van der Waals surface area contributed by atoms with Gasteiger partial charge in [0.1, 0.15) is 11.6 Å². The highest BCUT2D eigenvalue weighted by Crippen LogP contribution is 2.24. The number of para-hydroxylation sites is 1. The van der Waals surface area contributed by atoms with Crippen molar-refractivity contribution in [3.63, 3.8) is 0 Å². The van der Waals surface area contributed by atoms with Crippen LogP contribution in [0.25, 0.3) is 16.7 Å². The minimum Gasteiger partial charge on any atom is -0.296 e. The van der Waals surface area contributed by atoms with Crippen molar-refractivity contribution in [3.05, 3.63) is 59.7 Å². The molecule has 0 aliphatic carbocycles. The van der Waals surface area contributed by atoms with Crippen LogP contribution in [0.2, 0.25) is 0 Å². The Kier molecular flexibility index (Phi) is 3.45. The monoisotopic (exact) mass is 288 g/mol. The van der Waals surface area contributed by atoms with E-state index in [0.717, 1.165) is 28.1 Å². The molecule has 3 aromatic rings. The Morgan fingerprint density at radius 3 is 2.60 bits per heavy atom. The molecule has 0 saturated carbocycles. The van der Waals surface area contributed by atoms with Crippen LogP contribution in [0.15, 0.2) is 42.5 Å². The zero-order valence-electron chi connectivity index (χ0n) is 11.1. The molecule has 0 N–H and O–H groups in total. The molecular formula is C16H14ClFN2. The maximum Gasteiger partial charge on any atom is 0.123 e. The minimum atomic E-state index is -0.242. The number of halogens is 2. The number of benzene rings is 2.